The van der Waals surface area contributed by atoms with E-state index in [0.717, 1.165) is 46.3 Å². The number of ether oxygens (including phenoxy) is 3. The number of aromatic nitrogens is 1. The Balaban J connectivity index is 1.49. The maximum Gasteiger partial charge on any atom is 0.251 e. The first-order valence-corrected chi connectivity index (χ1v) is 16.5. The summed E-state index contributed by atoms with van der Waals surface area (Å²) in [7, 11) is 14.2. The van der Waals surface area contributed by atoms with Gasteiger partial charge in [0.25, 0.3) is 11.8 Å². The van der Waals surface area contributed by atoms with E-state index < -0.39 is 6.04 Å². The minimum atomic E-state index is -0.811. The molecular weight excluding hydrogens is 620 g/mol. The second-order valence-electron chi connectivity index (χ2n) is 10.8. The molecule has 228 valence electrons. The summed E-state index contributed by atoms with van der Waals surface area (Å²) in [5.41, 5.74) is 2.25. The van der Waals surface area contributed by atoms with Gasteiger partial charge in [-0.25, -0.2) is 4.98 Å². The van der Waals surface area contributed by atoms with E-state index >= 15 is 0 Å². The van der Waals surface area contributed by atoms with Crippen molar-refractivity contribution in [3.05, 3.63) is 65.2 Å². The van der Waals surface area contributed by atoms with Gasteiger partial charge in [0.15, 0.2) is 0 Å². The molecule has 2 aliphatic rings. The van der Waals surface area contributed by atoms with Crippen LogP contribution in [0.3, 0.4) is 0 Å². The highest BCUT2D eigenvalue weighted by atomic mass is 31.1. The van der Waals surface area contributed by atoms with Gasteiger partial charge in [-0.3, -0.25) is 14.5 Å². The zero-order chi connectivity index (χ0) is 30.8. The Hall–Kier alpha value is -2.39. The van der Waals surface area contributed by atoms with Gasteiger partial charge in [-0.1, -0.05) is 18.5 Å². The highest BCUT2D eigenvalue weighted by Gasteiger charge is 2.45. The van der Waals surface area contributed by atoms with Crippen LogP contribution in [0.4, 0.5) is 11.6 Å². The van der Waals surface area contributed by atoms with Crippen LogP contribution < -0.4 is 35.2 Å². The van der Waals surface area contributed by atoms with Gasteiger partial charge in [-0.2, -0.15) is 0 Å². The Kier molecular flexibility index (Phi) is 10.2. The molecule has 3 heterocycles. The van der Waals surface area contributed by atoms with Gasteiger partial charge in [0.05, 0.1) is 19.8 Å². The molecule has 2 fully saturated rings. The number of carbonyl (C=O) groups is 2. The molecule has 1 aromatic heterocycles. The highest BCUT2D eigenvalue weighted by molar-refractivity contribution is 7.37. The fraction of sp³-hybridized carbons (Fsp3) is 0.367. The second kappa shape index (κ2) is 13.7. The van der Waals surface area contributed by atoms with E-state index in [4.69, 9.17) is 19.2 Å². The first-order chi connectivity index (χ1) is 20.6. The van der Waals surface area contributed by atoms with Gasteiger partial charge >= 0.3 is 0 Å². The average molecular weight is 659 g/mol. The summed E-state index contributed by atoms with van der Waals surface area (Å²) in [5.74, 6) is 1.81. The summed E-state index contributed by atoms with van der Waals surface area (Å²) in [6.45, 7) is 3.72. The number of nitrogens with zero attached hydrogens (tertiary/aromatic N) is 3. The quantitative estimate of drug-likeness (QED) is 0.354. The standard InChI is InChI=1S/C30H38N4O5P4/c1-16-12-20(37-3)13-23(41)25(16)21-14-34(27-22(40)8-9-24(31-27)33(2)18-10-11-38-15-18)29(36)26(21)32-28(35)17-4-6-19(7-5-17)39-30(42)43/h4-9,12-13,18,21,26,30H,10-11,14-15,40-43H2,1-3H3,(H,32,35)/t18?,21-,26-/m0/s1. The molecule has 5 unspecified atom stereocenters. The van der Waals surface area contributed by atoms with Gasteiger partial charge in [0, 0.05) is 37.0 Å². The molecular formula is C30H38N4O5P4. The van der Waals surface area contributed by atoms with Crippen LogP contribution in [0.2, 0.25) is 0 Å². The average Bonchev–Trinajstić information content (AvgIpc) is 3.62. The predicted octanol–water partition coefficient (Wildman–Crippen LogP) is 2.97. The van der Waals surface area contributed by atoms with Crippen LogP contribution in [-0.4, -0.2) is 68.4 Å². The number of rotatable bonds is 9. The number of hydrogen-bond acceptors (Lipinski definition) is 7. The fourth-order valence-electron chi connectivity index (χ4n) is 5.70. The van der Waals surface area contributed by atoms with Gasteiger partial charge < -0.3 is 24.4 Å². The van der Waals surface area contributed by atoms with Gasteiger partial charge in [0.1, 0.15) is 34.8 Å². The maximum absolute atomic E-state index is 14.2. The van der Waals surface area contributed by atoms with E-state index in [1.54, 1.807) is 36.3 Å². The lowest BCUT2D eigenvalue weighted by molar-refractivity contribution is -0.118. The number of carbonyl (C=O) groups excluding carboxylic acids is 2. The van der Waals surface area contributed by atoms with Gasteiger partial charge in [-0.15, -0.1) is 18.5 Å². The number of nitrogens with one attached hydrogen (secondary N) is 1. The Morgan fingerprint density at radius 1 is 1.12 bits per heavy atom. The van der Waals surface area contributed by atoms with E-state index in [-0.39, 0.29) is 29.4 Å². The topological polar surface area (TPSA) is 93.2 Å². The lowest BCUT2D eigenvalue weighted by atomic mass is 9.90. The highest BCUT2D eigenvalue weighted by Crippen LogP contribution is 2.35. The third-order valence-corrected chi connectivity index (χ3v) is 9.15. The number of hydrogen-bond donors (Lipinski definition) is 1. The molecule has 1 N–H and O–H groups in total. The van der Waals surface area contributed by atoms with Crippen molar-refractivity contribution >= 4 is 71.0 Å². The lowest BCUT2D eigenvalue weighted by Crippen LogP contribution is -2.44. The fourth-order valence-corrected chi connectivity index (χ4v) is 6.94. The SMILES string of the molecule is COc1cc(C)c([C@@H]2CN(c3nc(N(C)C4CCOC4)ccc3P)C(=O)[C@H]2NC(=O)c2ccc(OC(P)P)cc2)c(P)c1. The summed E-state index contributed by atoms with van der Waals surface area (Å²) in [4.78, 5) is 36.5. The zero-order valence-corrected chi connectivity index (χ0v) is 29.1. The lowest BCUT2D eigenvalue weighted by Gasteiger charge is -2.26. The van der Waals surface area contributed by atoms with Crippen molar-refractivity contribution in [2.24, 2.45) is 0 Å². The van der Waals surface area contributed by atoms with Crippen LogP contribution in [0.25, 0.3) is 0 Å². The Morgan fingerprint density at radius 3 is 2.49 bits per heavy atom. The van der Waals surface area contributed by atoms with Crippen molar-refractivity contribution in [2.75, 3.05) is 43.7 Å². The summed E-state index contributed by atoms with van der Waals surface area (Å²) < 4.78 is 16.7. The van der Waals surface area contributed by atoms with E-state index in [1.807, 2.05) is 38.2 Å². The monoisotopic (exact) mass is 658 g/mol. The van der Waals surface area contributed by atoms with E-state index in [0.29, 0.717) is 30.3 Å². The van der Waals surface area contributed by atoms with Crippen molar-refractivity contribution in [1.29, 1.82) is 0 Å². The minimum Gasteiger partial charge on any atom is -0.497 e. The van der Waals surface area contributed by atoms with E-state index in [9.17, 15) is 9.59 Å². The Labute approximate surface area is 262 Å². The summed E-state index contributed by atoms with van der Waals surface area (Å²) in [6, 6.07) is 14.1. The molecule has 0 radical (unpaired) electrons. The number of anilines is 2. The zero-order valence-electron chi connectivity index (χ0n) is 24.4. The van der Waals surface area contributed by atoms with Crippen LogP contribution >= 0.6 is 37.0 Å². The molecule has 13 heteroatoms. The van der Waals surface area contributed by atoms with Crippen molar-refractivity contribution < 1.29 is 23.8 Å². The van der Waals surface area contributed by atoms with E-state index in [1.165, 1.54) is 0 Å². The largest absolute Gasteiger partial charge is 0.497 e. The van der Waals surface area contributed by atoms with Crippen LogP contribution in [0.15, 0.2) is 48.5 Å². The normalized spacial score (nSPS) is 20.0. The molecule has 0 saturated carbocycles. The molecule has 9 nitrogen and oxygen atoms in total. The number of pyridine rings is 1. The number of amides is 2. The molecule has 0 aliphatic carbocycles. The molecule has 2 saturated heterocycles. The predicted molar refractivity (Wildman–Crippen MR) is 185 cm³/mol. The summed E-state index contributed by atoms with van der Waals surface area (Å²) >= 11 is 0. The smallest absolute Gasteiger partial charge is 0.251 e. The van der Waals surface area contributed by atoms with E-state index in [2.05, 4.69) is 47.2 Å². The first-order valence-electron chi connectivity index (χ1n) is 14.0. The Bertz CT molecular complexity index is 1480. The number of benzene rings is 2. The molecule has 0 bridgehead atoms. The number of likely N-dealkylation sites (N-methyl/N-ethyl adjacent to an activating group) is 1. The van der Waals surface area contributed by atoms with Crippen LogP contribution in [0.1, 0.15) is 33.8 Å². The summed E-state index contributed by atoms with van der Waals surface area (Å²) in [6.07, 6.45) is 0.922. The molecule has 2 aromatic carbocycles. The molecule has 5 rings (SSSR count). The van der Waals surface area contributed by atoms with Gasteiger partial charge in [-0.05, 0) is 78.3 Å². The van der Waals surface area contributed by atoms with Crippen molar-refractivity contribution in [2.45, 2.75) is 36.9 Å². The molecule has 2 aliphatic heterocycles. The van der Waals surface area contributed by atoms with Crippen molar-refractivity contribution in [3.8, 4) is 11.5 Å². The van der Waals surface area contributed by atoms with Crippen molar-refractivity contribution in [1.82, 2.24) is 10.3 Å². The minimum absolute atomic E-state index is 0.142. The van der Waals surface area contributed by atoms with Crippen molar-refractivity contribution in [3.63, 3.8) is 0 Å². The van der Waals surface area contributed by atoms with Gasteiger partial charge in [0.2, 0.25) is 0 Å². The van der Waals surface area contributed by atoms with Crippen LogP contribution in [-0.2, 0) is 9.53 Å². The third-order valence-electron chi connectivity index (χ3n) is 7.95. The Morgan fingerprint density at radius 2 is 1.86 bits per heavy atom. The molecule has 3 aromatic rings. The maximum atomic E-state index is 14.2. The molecule has 7 atom stereocenters. The number of methoxy groups -OCH3 is 1. The summed E-state index contributed by atoms with van der Waals surface area (Å²) in [5, 5.41) is 4.77. The molecule has 43 heavy (non-hydrogen) atoms. The second-order valence-corrected chi connectivity index (χ2v) is 14.1. The third kappa shape index (κ3) is 6.98. The van der Waals surface area contributed by atoms with Crippen LogP contribution in [0, 0.1) is 6.92 Å². The van der Waals surface area contributed by atoms with Crippen LogP contribution in [0.5, 0.6) is 11.5 Å². The number of aryl methyl sites for hydroxylation is 1. The molecule has 2 amide bonds. The molecule has 0 spiro atoms. The first kappa shape index (κ1) is 32.0.